The predicted molar refractivity (Wildman–Crippen MR) is 135 cm³/mol. The number of nitrogens with two attached hydrogens (primary N) is 1. The van der Waals surface area contributed by atoms with E-state index in [1.165, 1.54) is 0 Å². The third-order valence-electron chi connectivity index (χ3n) is 5.73. The van der Waals surface area contributed by atoms with Crippen LogP contribution in [-0.2, 0) is 6.42 Å². The SMILES string of the molecule is COc1ccc(Cl)c(CCOc2cc(-c3ccc(C(=O)N4CCNCC4)cc3)cnc2N)c1Cl. The maximum atomic E-state index is 12.7. The molecule has 178 valence electrons. The Labute approximate surface area is 208 Å². The normalized spacial score (nSPS) is 13.6. The first-order valence-corrected chi connectivity index (χ1v) is 11.7. The van der Waals surface area contributed by atoms with Gasteiger partial charge in [0.15, 0.2) is 11.6 Å². The van der Waals surface area contributed by atoms with E-state index in [0.29, 0.717) is 40.1 Å². The van der Waals surface area contributed by atoms with Gasteiger partial charge in [0, 0.05) is 54.9 Å². The fraction of sp³-hybridized carbons (Fsp3) is 0.280. The van der Waals surface area contributed by atoms with Crippen LogP contribution >= 0.6 is 23.2 Å². The zero-order valence-electron chi connectivity index (χ0n) is 18.8. The Morgan fingerprint density at radius 1 is 1.09 bits per heavy atom. The summed E-state index contributed by atoms with van der Waals surface area (Å²) in [5.41, 5.74) is 9.19. The molecule has 0 aliphatic carbocycles. The van der Waals surface area contributed by atoms with Crippen LogP contribution in [0.4, 0.5) is 5.82 Å². The molecule has 3 aromatic rings. The standard InChI is InChI=1S/C25H26Cl2N4O3/c1-33-21-7-6-20(26)19(23(21)27)8-13-34-22-14-18(15-30-24(22)28)16-2-4-17(5-3-16)25(32)31-11-9-29-10-12-31/h2-7,14-15,29H,8-13H2,1H3,(H2,28,30). The first kappa shape index (κ1) is 24.1. The number of pyridine rings is 1. The summed E-state index contributed by atoms with van der Waals surface area (Å²) in [5.74, 6) is 1.36. The van der Waals surface area contributed by atoms with E-state index in [0.717, 1.165) is 42.9 Å². The maximum Gasteiger partial charge on any atom is 0.253 e. The van der Waals surface area contributed by atoms with E-state index in [-0.39, 0.29) is 11.7 Å². The van der Waals surface area contributed by atoms with Crippen LogP contribution in [0.2, 0.25) is 10.0 Å². The number of nitrogen functional groups attached to an aromatic ring is 1. The lowest BCUT2D eigenvalue weighted by molar-refractivity contribution is 0.0736. The van der Waals surface area contributed by atoms with Crippen molar-refractivity contribution >= 4 is 34.9 Å². The van der Waals surface area contributed by atoms with Crippen LogP contribution < -0.4 is 20.5 Å². The highest BCUT2D eigenvalue weighted by Crippen LogP contribution is 2.34. The van der Waals surface area contributed by atoms with Gasteiger partial charge in [-0.1, -0.05) is 35.3 Å². The number of halogens is 2. The van der Waals surface area contributed by atoms with Gasteiger partial charge in [-0.2, -0.15) is 0 Å². The molecule has 1 aromatic heterocycles. The van der Waals surface area contributed by atoms with Gasteiger partial charge in [-0.25, -0.2) is 4.98 Å². The number of aromatic nitrogens is 1. The molecule has 7 nitrogen and oxygen atoms in total. The number of benzene rings is 2. The van der Waals surface area contributed by atoms with Gasteiger partial charge in [0.25, 0.3) is 5.91 Å². The van der Waals surface area contributed by atoms with Crippen molar-refractivity contribution in [1.82, 2.24) is 15.2 Å². The summed E-state index contributed by atoms with van der Waals surface area (Å²) in [6, 6.07) is 12.8. The lowest BCUT2D eigenvalue weighted by Crippen LogP contribution is -2.46. The zero-order valence-corrected chi connectivity index (χ0v) is 20.3. The minimum Gasteiger partial charge on any atom is -0.495 e. The quantitative estimate of drug-likeness (QED) is 0.502. The summed E-state index contributed by atoms with van der Waals surface area (Å²) in [5, 5.41) is 4.27. The maximum absolute atomic E-state index is 12.7. The number of nitrogens with zero attached hydrogens (tertiary/aromatic N) is 2. The molecule has 1 aliphatic heterocycles. The number of rotatable bonds is 7. The number of amides is 1. The second kappa shape index (κ2) is 11.0. The van der Waals surface area contributed by atoms with Crippen LogP contribution in [0.1, 0.15) is 15.9 Å². The van der Waals surface area contributed by atoms with Gasteiger partial charge in [0.2, 0.25) is 0 Å². The van der Waals surface area contributed by atoms with Crippen LogP contribution in [0.5, 0.6) is 11.5 Å². The lowest BCUT2D eigenvalue weighted by atomic mass is 10.0. The van der Waals surface area contributed by atoms with Crippen LogP contribution in [0.15, 0.2) is 48.7 Å². The molecule has 0 saturated carbocycles. The minimum atomic E-state index is 0.0439. The molecule has 1 fully saturated rings. The summed E-state index contributed by atoms with van der Waals surface area (Å²) in [7, 11) is 1.56. The Balaban J connectivity index is 1.44. The van der Waals surface area contributed by atoms with Gasteiger partial charge in [-0.05, 0) is 41.5 Å². The molecule has 1 saturated heterocycles. The molecule has 34 heavy (non-hydrogen) atoms. The Morgan fingerprint density at radius 3 is 2.53 bits per heavy atom. The van der Waals surface area contributed by atoms with Gasteiger partial charge in [0.1, 0.15) is 5.75 Å². The van der Waals surface area contributed by atoms with Gasteiger partial charge in [-0.15, -0.1) is 0 Å². The third kappa shape index (κ3) is 5.38. The molecule has 9 heteroatoms. The van der Waals surface area contributed by atoms with E-state index < -0.39 is 0 Å². The summed E-state index contributed by atoms with van der Waals surface area (Å²) in [4.78, 5) is 18.8. The topological polar surface area (TPSA) is 89.7 Å². The summed E-state index contributed by atoms with van der Waals surface area (Å²) in [6.45, 7) is 3.38. The number of nitrogens with one attached hydrogen (secondary N) is 1. The molecule has 3 N–H and O–H groups in total. The van der Waals surface area contributed by atoms with Crippen molar-refractivity contribution in [2.24, 2.45) is 0 Å². The summed E-state index contributed by atoms with van der Waals surface area (Å²) < 4.78 is 11.2. The number of ether oxygens (including phenoxy) is 2. The Bertz CT molecular complexity index is 1170. The van der Waals surface area contributed by atoms with Gasteiger partial charge in [-0.3, -0.25) is 4.79 Å². The first-order valence-electron chi connectivity index (χ1n) is 11.0. The average molecular weight is 501 g/mol. The number of anilines is 1. The van der Waals surface area contributed by atoms with Crippen LogP contribution in [0.3, 0.4) is 0 Å². The predicted octanol–water partition coefficient (Wildman–Crippen LogP) is 4.31. The molecule has 2 heterocycles. The molecule has 0 unspecified atom stereocenters. The summed E-state index contributed by atoms with van der Waals surface area (Å²) in [6.07, 6.45) is 2.16. The van der Waals surface area contributed by atoms with E-state index in [1.807, 2.05) is 35.2 Å². The van der Waals surface area contributed by atoms with Crippen molar-refractivity contribution in [3.05, 3.63) is 69.8 Å². The smallest absolute Gasteiger partial charge is 0.253 e. The fourth-order valence-corrected chi connectivity index (χ4v) is 4.45. The van der Waals surface area contributed by atoms with Crippen LogP contribution in [0, 0.1) is 0 Å². The van der Waals surface area contributed by atoms with Gasteiger partial charge < -0.3 is 25.4 Å². The Hall–Kier alpha value is -3.00. The van der Waals surface area contributed by atoms with E-state index in [2.05, 4.69) is 10.3 Å². The van der Waals surface area contributed by atoms with Crippen molar-refractivity contribution in [1.29, 1.82) is 0 Å². The molecule has 0 spiro atoms. The second-order valence-corrected chi connectivity index (χ2v) is 8.65. The Morgan fingerprint density at radius 2 is 1.82 bits per heavy atom. The largest absolute Gasteiger partial charge is 0.495 e. The van der Waals surface area contributed by atoms with E-state index in [4.69, 9.17) is 38.4 Å². The molecule has 0 bridgehead atoms. The van der Waals surface area contributed by atoms with Crippen molar-refractivity contribution < 1.29 is 14.3 Å². The highest BCUT2D eigenvalue weighted by atomic mass is 35.5. The average Bonchev–Trinajstić information content (AvgIpc) is 2.87. The first-order chi connectivity index (χ1) is 16.5. The zero-order chi connectivity index (χ0) is 24.1. The molecular weight excluding hydrogens is 475 g/mol. The van der Waals surface area contributed by atoms with E-state index in [9.17, 15) is 4.79 Å². The van der Waals surface area contributed by atoms with Crippen LogP contribution in [-0.4, -0.2) is 55.7 Å². The second-order valence-electron chi connectivity index (χ2n) is 7.87. The van der Waals surface area contributed by atoms with E-state index in [1.54, 1.807) is 25.4 Å². The number of carbonyl (C=O) groups is 1. The van der Waals surface area contributed by atoms with Crippen molar-refractivity contribution in [3.8, 4) is 22.6 Å². The van der Waals surface area contributed by atoms with Crippen molar-refractivity contribution in [2.45, 2.75) is 6.42 Å². The monoisotopic (exact) mass is 500 g/mol. The molecule has 4 rings (SSSR count). The summed E-state index contributed by atoms with van der Waals surface area (Å²) >= 11 is 12.7. The Kier molecular flexibility index (Phi) is 7.77. The fourth-order valence-electron chi connectivity index (χ4n) is 3.81. The lowest BCUT2D eigenvalue weighted by Gasteiger charge is -2.27. The number of piperazine rings is 1. The molecule has 2 aromatic carbocycles. The highest BCUT2D eigenvalue weighted by molar-refractivity contribution is 6.36. The molecular formula is C25H26Cl2N4O3. The van der Waals surface area contributed by atoms with Crippen LogP contribution in [0.25, 0.3) is 11.1 Å². The molecule has 0 radical (unpaired) electrons. The third-order valence-corrected chi connectivity index (χ3v) is 6.50. The molecule has 1 aliphatic rings. The number of hydrogen-bond acceptors (Lipinski definition) is 6. The molecule has 0 atom stereocenters. The van der Waals surface area contributed by atoms with Gasteiger partial charge >= 0.3 is 0 Å². The highest BCUT2D eigenvalue weighted by Gasteiger charge is 2.18. The minimum absolute atomic E-state index is 0.0439. The van der Waals surface area contributed by atoms with Crippen molar-refractivity contribution in [3.63, 3.8) is 0 Å². The number of hydrogen-bond donors (Lipinski definition) is 2. The number of carbonyl (C=O) groups excluding carboxylic acids is 1. The van der Waals surface area contributed by atoms with E-state index >= 15 is 0 Å². The van der Waals surface area contributed by atoms with Gasteiger partial charge in [0.05, 0.1) is 18.7 Å². The molecule has 1 amide bonds. The number of methoxy groups -OCH3 is 1. The van der Waals surface area contributed by atoms with Crippen molar-refractivity contribution in [2.75, 3.05) is 45.6 Å².